The largest absolute Gasteiger partial charge is 0.396 e. The van der Waals surface area contributed by atoms with Crippen molar-refractivity contribution < 1.29 is 10.2 Å². The fourth-order valence-corrected chi connectivity index (χ4v) is 2.21. The predicted molar refractivity (Wildman–Crippen MR) is 85.5 cm³/mol. The van der Waals surface area contributed by atoms with Gasteiger partial charge in [-0.05, 0) is 18.8 Å². The molecule has 0 spiro atoms. The molecule has 0 aliphatic rings. The van der Waals surface area contributed by atoms with E-state index in [1.54, 1.807) is 6.33 Å². The lowest BCUT2D eigenvalue weighted by molar-refractivity contribution is 0.140. The van der Waals surface area contributed by atoms with Gasteiger partial charge in [0.25, 0.3) is 0 Å². The number of fused-ring (bicyclic) bond motifs is 1. The number of rotatable bonds is 9. The minimum Gasteiger partial charge on any atom is -0.396 e. The summed E-state index contributed by atoms with van der Waals surface area (Å²) >= 11 is 0. The van der Waals surface area contributed by atoms with Gasteiger partial charge in [0.05, 0.1) is 6.33 Å². The molecule has 0 saturated heterocycles. The normalized spacial score (nSPS) is 11.7. The summed E-state index contributed by atoms with van der Waals surface area (Å²) in [5.74, 6) is 1.28. The van der Waals surface area contributed by atoms with Crippen molar-refractivity contribution >= 4 is 17.0 Å². The lowest BCUT2D eigenvalue weighted by Crippen LogP contribution is -2.14. The van der Waals surface area contributed by atoms with Gasteiger partial charge in [0.15, 0.2) is 11.5 Å². The lowest BCUT2D eigenvalue weighted by Gasteiger charge is -2.11. The van der Waals surface area contributed by atoms with E-state index in [0.29, 0.717) is 18.9 Å². The van der Waals surface area contributed by atoms with Crippen LogP contribution in [-0.2, 0) is 6.54 Å². The Morgan fingerprint density at radius 1 is 1.14 bits per heavy atom. The highest BCUT2D eigenvalue weighted by atomic mass is 16.3. The fraction of sp³-hybridized carbons (Fsp3) is 0.667. The topological polar surface area (TPSA) is 96.1 Å². The maximum absolute atomic E-state index is 9.13. The zero-order valence-electron chi connectivity index (χ0n) is 13.2. The molecular weight excluding hydrogens is 282 g/mol. The fourth-order valence-electron chi connectivity index (χ4n) is 2.21. The van der Waals surface area contributed by atoms with Crippen molar-refractivity contribution in [1.29, 1.82) is 0 Å². The second-order valence-electron chi connectivity index (χ2n) is 5.96. The molecule has 0 unspecified atom stereocenters. The Labute approximate surface area is 130 Å². The molecule has 0 aromatic carbocycles. The third-order valence-electron chi connectivity index (χ3n) is 3.71. The summed E-state index contributed by atoms with van der Waals surface area (Å²) < 4.78 is 1.93. The molecule has 3 N–H and O–H groups in total. The van der Waals surface area contributed by atoms with Gasteiger partial charge in [-0.15, -0.1) is 0 Å². The maximum atomic E-state index is 9.13. The molecule has 2 aromatic heterocycles. The van der Waals surface area contributed by atoms with Crippen LogP contribution in [0.25, 0.3) is 11.2 Å². The van der Waals surface area contributed by atoms with Crippen molar-refractivity contribution in [2.75, 3.05) is 25.1 Å². The summed E-state index contributed by atoms with van der Waals surface area (Å²) in [7, 11) is 0. The van der Waals surface area contributed by atoms with E-state index in [4.69, 9.17) is 10.2 Å². The zero-order valence-corrected chi connectivity index (χ0v) is 13.2. The molecule has 0 fully saturated rings. The van der Waals surface area contributed by atoms with E-state index >= 15 is 0 Å². The van der Waals surface area contributed by atoms with Gasteiger partial charge in [0.2, 0.25) is 0 Å². The minimum atomic E-state index is -0.108. The summed E-state index contributed by atoms with van der Waals surface area (Å²) in [6.45, 7) is 5.86. The van der Waals surface area contributed by atoms with Crippen LogP contribution >= 0.6 is 0 Å². The average molecular weight is 307 g/mol. The molecule has 0 bridgehead atoms. The van der Waals surface area contributed by atoms with Gasteiger partial charge >= 0.3 is 0 Å². The second-order valence-corrected chi connectivity index (χ2v) is 5.96. The van der Waals surface area contributed by atoms with Crippen LogP contribution in [0, 0.1) is 11.8 Å². The first-order valence-electron chi connectivity index (χ1n) is 7.77. The first-order valence-corrected chi connectivity index (χ1v) is 7.77. The van der Waals surface area contributed by atoms with E-state index < -0.39 is 0 Å². The van der Waals surface area contributed by atoms with E-state index in [1.165, 1.54) is 6.33 Å². The molecule has 2 aromatic rings. The molecule has 0 aliphatic carbocycles. The van der Waals surface area contributed by atoms with E-state index in [0.717, 1.165) is 29.9 Å². The van der Waals surface area contributed by atoms with Gasteiger partial charge in [-0.1, -0.05) is 13.8 Å². The van der Waals surface area contributed by atoms with Crippen LogP contribution in [-0.4, -0.2) is 49.5 Å². The Hall–Kier alpha value is -1.73. The predicted octanol–water partition coefficient (Wildman–Crippen LogP) is 1.28. The lowest BCUT2D eigenvalue weighted by atomic mass is 10.1. The number of aliphatic hydroxyl groups excluding tert-OH is 2. The van der Waals surface area contributed by atoms with E-state index in [2.05, 4.69) is 34.1 Å². The molecule has 0 saturated carbocycles. The summed E-state index contributed by atoms with van der Waals surface area (Å²) in [5, 5.41) is 21.6. The third-order valence-corrected chi connectivity index (χ3v) is 3.71. The molecule has 0 amide bonds. The van der Waals surface area contributed by atoms with Crippen molar-refractivity contribution in [3.05, 3.63) is 12.7 Å². The number of aliphatic hydroxyl groups is 2. The molecule has 0 aliphatic heterocycles. The maximum Gasteiger partial charge on any atom is 0.165 e. The van der Waals surface area contributed by atoms with Gasteiger partial charge in [-0.3, -0.25) is 0 Å². The number of hydrogen-bond donors (Lipinski definition) is 3. The highest BCUT2D eigenvalue weighted by Crippen LogP contribution is 2.18. The third kappa shape index (κ3) is 4.14. The van der Waals surface area contributed by atoms with Gasteiger partial charge in [-0.2, -0.15) is 0 Å². The number of aryl methyl sites for hydroxylation is 1. The molecule has 2 heterocycles. The standard InChI is InChI=1S/C15H25N5O2/c1-11(2)3-5-16-14-13-15(18-9-17-14)20(10-19-13)6-4-12(7-21)8-22/h9-12,21-22H,3-8H2,1-2H3,(H,16,17,18). The Kier molecular flexibility index (Phi) is 6.09. The summed E-state index contributed by atoms with van der Waals surface area (Å²) in [5.41, 5.74) is 1.53. The van der Waals surface area contributed by atoms with Crippen molar-refractivity contribution in [2.45, 2.75) is 33.2 Å². The number of nitrogens with zero attached hydrogens (tertiary/aromatic N) is 4. The Morgan fingerprint density at radius 3 is 2.59 bits per heavy atom. The van der Waals surface area contributed by atoms with Crippen molar-refractivity contribution in [2.24, 2.45) is 11.8 Å². The Balaban J connectivity index is 2.08. The number of nitrogens with one attached hydrogen (secondary N) is 1. The minimum absolute atomic E-state index is 0.0138. The summed E-state index contributed by atoms with van der Waals surface area (Å²) in [6.07, 6.45) is 5.02. The van der Waals surface area contributed by atoms with Crippen molar-refractivity contribution in [3.63, 3.8) is 0 Å². The van der Waals surface area contributed by atoms with Crippen molar-refractivity contribution in [3.8, 4) is 0 Å². The first kappa shape index (κ1) is 16.6. The van der Waals surface area contributed by atoms with Crippen LogP contribution in [0.3, 0.4) is 0 Å². The van der Waals surface area contributed by atoms with Crippen molar-refractivity contribution in [1.82, 2.24) is 19.5 Å². The number of hydrogen-bond acceptors (Lipinski definition) is 6. The molecule has 22 heavy (non-hydrogen) atoms. The van der Waals surface area contributed by atoms with Gasteiger partial charge < -0.3 is 20.1 Å². The summed E-state index contributed by atoms with van der Waals surface area (Å²) in [6, 6.07) is 0. The molecule has 0 radical (unpaired) electrons. The van der Waals surface area contributed by atoms with Crippen LogP contribution in [0.4, 0.5) is 5.82 Å². The van der Waals surface area contributed by atoms with Crippen LogP contribution in [0.2, 0.25) is 0 Å². The van der Waals surface area contributed by atoms with E-state index in [1.807, 2.05) is 4.57 Å². The quantitative estimate of drug-likeness (QED) is 0.646. The highest BCUT2D eigenvalue weighted by Gasteiger charge is 2.12. The van der Waals surface area contributed by atoms with Crippen LogP contribution in [0.1, 0.15) is 26.7 Å². The summed E-state index contributed by atoms with van der Waals surface area (Å²) in [4.78, 5) is 13.0. The molecular formula is C15H25N5O2. The number of anilines is 1. The zero-order chi connectivity index (χ0) is 15.9. The average Bonchev–Trinajstić information content (AvgIpc) is 2.92. The smallest absolute Gasteiger partial charge is 0.165 e. The number of imidazole rings is 1. The van der Waals surface area contributed by atoms with Crippen LogP contribution in [0.15, 0.2) is 12.7 Å². The van der Waals surface area contributed by atoms with E-state index in [-0.39, 0.29) is 19.1 Å². The van der Waals surface area contributed by atoms with Gasteiger partial charge in [0, 0.05) is 32.2 Å². The molecule has 2 rings (SSSR count). The highest BCUT2D eigenvalue weighted by molar-refractivity contribution is 5.82. The van der Waals surface area contributed by atoms with Gasteiger partial charge in [-0.25, -0.2) is 15.0 Å². The number of aromatic nitrogens is 4. The van der Waals surface area contributed by atoms with Crippen LogP contribution < -0.4 is 5.32 Å². The van der Waals surface area contributed by atoms with Crippen LogP contribution in [0.5, 0.6) is 0 Å². The molecule has 7 heteroatoms. The monoisotopic (exact) mass is 307 g/mol. The first-order chi connectivity index (χ1) is 10.7. The Bertz CT molecular complexity index is 580. The molecule has 122 valence electrons. The second kappa shape index (κ2) is 8.05. The molecule has 0 atom stereocenters. The SMILES string of the molecule is CC(C)CCNc1ncnc2c1ncn2CCC(CO)CO. The van der Waals surface area contributed by atoms with Gasteiger partial charge in [0.1, 0.15) is 11.8 Å². The Morgan fingerprint density at radius 2 is 1.91 bits per heavy atom. The molecule has 7 nitrogen and oxygen atoms in total. The van der Waals surface area contributed by atoms with E-state index in [9.17, 15) is 0 Å².